The first-order valence-corrected chi connectivity index (χ1v) is 10.9. The number of hydrogen-bond donors (Lipinski definition) is 3. The first-order chi connectivity index (χ1) is 16.0. The van der Waals surface area contributed by atoms with Gasteiger partial charge in [0, 0.05) is 35.2 Å². The van der Waals surface area contributed by atoms with Crippen molar-refractivity contribution in [1.29, 1.82) is 0 Å². The lowest BCUT2D eigenvalue weighted by atomic mass is 10.1. The van der Waals surface area contributed by atoms with Crippen molar-refractivity contribution in [2.45, 2.75) is 32.2 Å². The number of rotatable bonds is 6. The molecule has 1 aliphatic carbocycles. The normalized spacial score (nSPS) is 13.1. The number of carbonyl (C=O) groups is 1. The van der Waals surface area contributed by atoms with E-state index in [1.807, 2.05) is 42.5 Å². The zero-order chi connectivity index (χ0) is 22.9. The second-order valence-electron chi connectivity index (χ2n) is 8.09. The van der Waals surface area contributed by atoms with Crippen LogP contribution in [-0.2, 0) is 6.54 Å². The van der Waals surface area contributed by atoms with Gasteiger partial charge in [-0.3, -0.25) is 19.1 Å². The monoisotopic (exact) mass is 441 g/mol. The average Bonchev–Trinajstić information content (AvgIpc) is 3.66. The van der Waals surface area contributed by atoms with Gasteiger partial charge in [0.1, 0.15) is 0 Å². The Bertz CT molecular complexity index is 1450. The molecule has 0 bridgehead atoms. The van der Waals surface area contributed by atoms with Crippen molar-refractivity contribution in [1.82, 2.24) is 14.5 Å². The second kappa shape index (κ2) is 8.38. The third-order valence-corrected chi connectivity index (χ3v) is 5.73. The van der Waals surface area contributed by atoms with E-state index in [0.717, 1.165) is 29.9 Å². The molecule has 1 amide bonds. The third-order valence-electron chi connectivity index (χ3n) is 5.73. The fraction of sp³-hybridized carbons (Fsp3) is 0.200. The van der Waals surface area contributed by atoms with E-state index < -0.39 is 17.2 Å². The first kappa shape index (κ1) is 20.7. The lowest BCUT2D eigenvalue weighted by Crippen LogP contribution is -2.32. The van der Waals surface area contributed by atoms with Gasteiger partial charge in [0.15, 0.2) is 5.65 Å². The molecule has 166 valence electrons. The third kappa shape index (κ3) is 4.15. The van der Waals surface area contributed by atoms with Gasteiger partial charge in [0.25, 0.3) is 11.5 Å². The predicted molar refractivity (Wildman–Crippen MR) is 128 cm³/mol. The zero-order valence-corrected chi connectivity index (χ0v) is 18.1. The van der Waals surface area contributed by atoms with Crippen molar-refractivity contribution in [3.8, 4) is 0 Å². The SMILES string of the molecule is CCn1c(=O)[nH]c(=O)c2c(C(=O)Nc3ccc(Nc4ccccc4)cc3)cc(C3CC3)nc21. The highest BCUT2D eigenvalue weighted by Crippen LogP contribution is 2.40. The largest absolute Gasteiger partial charge is 0.356 e. The second-order valence-corrected chi connectivity index (χ2v) is 8.09. The van der Waals surface area contributed by atoms with Crippen LogP contribution in [0.3, 0.4) is 0 Å². The number of aromatic amines is 1. The van der Waals surface area contributed by atoms with E-state index in [1.165, 1.54) is 4.57 Å². The Morgan fingerprint density at radius 1 is 1.03 bits per heavy atom. The number of pyridine rings is 1. The number of fused-ring (bicyclic) bond motifs is 1. The molecule has 8 heteroatoms. The summed E-state index contributed by atoms with van der Waals surface area (Å²) in [6.07, 6.45) is 1.96. The highest BCUT2D eigenvalue weighted by molar-refractivity contribution is 6.12. The molecule has 33 heavy (non-hydrogen) atoms. The Balaban J connectivity index is 1.48. The predicted octanol–water partition coefficient (Wildman–Crippen LogP) is 3.98. The standard InChI is InChI=1S/C25H23N5O3/c1-2-30-22-21(24(32)29-25(30)33)19(14-20(28-22)15-8-9-15)23(31)27-18-12-10-17(11-13-18)26-16-6-4-3-5-7-16/h3-7,10-15,26H,2,8-9H2,1H3,(H,27,31)(H,29,32,33). The van der Waals surface area contributed by atoms with Crippen LogP contribution in [0.15, 0.2) is 70.3 Å². The lowest BCUT2D eigenvalue weighted by Gasteiger charge is -2.13. The first-order valence-electron chi connectivity index (χ1n) is 10.9. The number of nitrogens with zero attached hydrogens (tertiary/aromatic N) is 2. The molecule has 0 unspecified atom stereocenters. The fourth-order valence-corrected chi connectivity index (χ4v) is 3.88. The summed E-state index contributed by atoms with van der Waals surface area (Å²) in [5.41, 5.74) is 2.52. The van der Waals surface area contributed by atoms with Gasteiger partial charge in [-0.1, -0.05) is 18.2 Å². The molecule has 1 saturated carbocycles. The van der Waals surface area contributed by atoms with Gasteiger partial charge >= 0.3 is 5.69 Å². The number of hydrogen-bond acceptors (Lipinski definition) is 5. The number of nitrogens with one attached hydrogen (secondary N) is 3. The number of H-pyrrole nitrogens is 1. The lowest BCUT2D eigenvalue weighted by molar-refractivity contribution is 0.102. The Morgan fingerprint density at radius 3 is 2.36 bits per heavy atom. The molecule has 2 aromatic carbocycles. The fourth-order valence-electron chi connectivity index (χ4n) is 3.88. The quantitative estimate of drug-likeness (QED) is 0.419. The molecular formula is C25H23N5O3. The van der Waals surface area contributed by atoms with E-state index in [2.05, 4.69) is 20.6 Å². The maximum Gasteiger partial charge on any atom is 0.329 e. The molecule has 0 atom stereocenters. The molecule has 3 N–H and O–H groups in total. The molecule has 0 spiro atoms. The summed E-state index contributed by atoms with van der Waals surface area (Å²) in [5, 5.41) is 6.29. The molecule has 8 nitrogen and oxygen atoms in total. The van der Waals surface area contributed by atoms with Gasteiger partial charge in [0.05, 0.1) is 10.9 Å². The number of para-hydroxylation sites is 1. The Morgan fingerprint density at radius 2 is 1.70 bits per heavy atom. The van der Waals surface area contributed by atoms with Gasteiger partial charge < -0.3 is 10.6 Å². The van der Waals surface area contributed by atoms with Gasteiger partial charge in [0.2, 0.25) is 0 Å². The minimum Gasteiger partial charge on any atom is -0.356 e. The molecule has 0 saturated heterocycles. The molecule has 2 aromatic heterocycles. The van der Waals surface area contributed by atoms with Crippen LogP contribution in [0.2, 0.25) is 0 Å². The number of anilines is 3. The molecule has 5 rings (SSSR count). The number of amides is 1. The zero-order valence-electron chi connectivity index (χ0n) is 18.1. The maximum absolute atomic E-state index is 13.2. The van der Waals surface area contributed by atoms with E-state index in [0.29, 0.717) is 12.2 Å². The van der Waals surface area contributed by atoms with E-state index in [-0.39, 0.29) is 22.5 Å². The molecule has 2 heterocycles. The van der Waals surface area contributed by atoms with Crippen LogP contribution in [0.4, 0.5) is 17.1 Å². The highest BCUT2D eigenvalue weighted by atomic mass is 16.2. The van der Waals surface area contributed by atoms with Gasteiger partial charge in [-0.05, 0) is 62.2 Å². The van der Waals surface area contributed by atoms with E-state index >= 15 is 0 Å². The van der Waals surface area contributed by atoms with E-state index in [4.69, 9.17) is 0 Å². The summed E-state index contributed by atoms with van der Waals surface area (Å²) >= 11 is 0. The maximum atomic E-state index is 13.2. The summed E-state index contributed by atoms with van der Waals surface area (Å²) in [7, 11) is 0. The van der Waals surface area contributed by atoms with Crippen molar-refractivity contribution in [3.05, 3.63) is 92.8 Å². The molecule has 0 radical (unpaired) electrons. The highest BCUT2D eigenvalue weighted by Gasteiger charge is 2.28. The molecule has 4 aromatic rings. The summed E-state index contributed by atoms with van der Waals surface area (Å²) in [6, 6.07) is 18.8. The minimum absolute atomic E-state index is 0.126. The van der Waals surface area contributed by atoms with E-state index in [9.17, 15) is 14.4 Å². The molecule has 1 fully saturated rings. The van der Waals surface area contributed by atoms with Crippen LogP contribution >= 0.6 is 0 Å². The van der Waals surface area contributed by atoms with Crippen LogP contribution in [0, 0.1) is 0 Å². The summed E-state index contributed by atoms with van der Waals surface area (Å²) in [4.78, 5) is 45.1. The summed E-state index contributed by atoms with van der Waals surface area (Å²) in [6.45, 7) is 2.14. The molecule has 1 aliphatic rings. The number of aryl methyl sites for hydroxylation is 1. The van der Waals surface area contributed by atoms with Crippen LogP contribution < -0.4 is 21.9 Å². The number of aromatic nitrogens is 3. The Labute approximate surface area is 189 Å². The Hall–Kier alpha value is -4.20. The van der Waals surface area contributed by atoms with Crippen LogP contribution in [-0.4, -0.2) is 20.4 Å². The van der Waals surface area contributed by atoms with Gasteiger partial charge in [-0.15, -0.1) is 0 Å². The van der Waals surface area contributed by atoms with Crippen molar-refractivity contribution in [2.75, 3.05) is 10.6 Å². The van der Waals surface area contributed by atoms with Gasteiger partial charge in [-0.25, -0.2) is 9.78 Å². The molecular weight excluding hydrogens is 418 g/mol. The van der Waals surface area contributed by atoms with Crippen molar-refractivity contribution in [2.24, 2.45) is 0 Å². The minimum atomic E-state index is -0.609. The smallest absolute Gasteiger partial charge is 0.329 e. The summed E-state index contributed by atoms with van der Waals surface area (Å²) in [5.74, 6) is -0.163. The van der Waals surface area contributed by atoms with Gasteiger partial charge in [-0.2, -0.15) is 0 Å². The topological polar surface area (TPSA) is 109 Å². The molecule has 0 aliphatic heterocycles. The van der Waals surface area contributed by atoms with Crippen molar-refractivity contribution >= 4 is 34.0 Å². The number of carbonyl (C=O) groups excluding carboxylic acids is 1. The van der Waals surface area contributed by atoms with Crippen LogP contribution in [0.25, 0.3) is 11.0 Å². The van der Waals surface area contributed by atoms with Crippen LogP contribution in [0.1, 0.15) is 41.7 Å². The Kier molecular flexibility index (Phi) is 5.26. The number of benzene rings is 2. The van der Waals surface area contributed by atoms with Crippen molar-refractivity contribution < 1.29 is 4.79 Å². The van der Waals surface area contributed by atoms with E-state index in [1.54, 1.807) is 25.1 Å². The van der Waals surface area contributed by atoms with Crippen LogP contribution in [0.5, 0.6) is 0 Å². The average molecular weight is 441 g/mol. The van der Waals surface area contributed by atoms with Crippen molar-refractivity contribution in [3.63, 3.8) is 0 Å². The summed E-state index contributed by atoms with van der Waals surface area (Å²) < 4.78 is 1.39.